The number of nitrogens with one attached hydrogen (secondary N) is 2. The van der Waals surface area contributed by atoms with Crippen LogP contribution in [0.3, 0.4) is 0 Å². The van der Waals surface area contributed by atoms with E-state index in [2.05, 4.69) is 366 Å². The molecule has 4 aromatic heterocycles. The molecule has 21 aromatic rings. The molecular weight excluding hydrogens is 1320 g/mol. The van der Waals surface area contributed by atoms with Crippen molar-refractivity contribution in [3.05, 3.63) is 364 Å². The molecule has 2 N–H and O–H groups in total. The van der Waals surface area contributed by atoms with Gasteiger partial charge in [0.2, 0.25) is 0 Å². The number of rotatable bonds is 12. The number of para-hydroxylation sites is 3. The smallest absolute Gasteiger partial charge is 0.135 e. The van der Waals surface area contributed by atoms with Crippen LogP contribution >= 0.6 is 34.0 Å². The second-order valence-electron chi connectivity index (χ2n) is 26.5. The normalized spacial score (nSPS) is 11.7. The first kappa shape index (κ1) is 61.1. The number of hydrogen-bond donors (Lipinski definition) is 2. The van der Waals surface area contributed by atoms with Gasteiger partial charge in [-0.3, -0.25) is 0 Å². The third-order valence-electron chi connectivity index (χ3n) is 20.2. The minimum absolute atomic E-state index is 0.891. The van der Waals surface area contributed by atoms with Crippen LogP contribution in [0.4, 0.5) is 56.9 Å². The maximum Gasteiger partial charge on any atom is 0.135 e. The highest BCUT2D eigenvalue weighted by atomic mass is 32.1. The molecule has 8 heteroatoms. The molecule has 21 rings (SSSR count). The van der Waals surface area contributed by atoms with E-state index in [1.165, 1.54) is 115 Å². The van der Waals surface area contributed by atoms with E-state index in [1.54, 1.807) is 0 Å². The van der Waals surface area contributed by atoms with Crippen LogP contribution < -0.4 is 20.4 Å². The molecule has 0 unspecified atom stereocenters. The summed E-state index contributed by atoms with van der Waals surface area (Å²) in [6, 6.07) is 131. The van der Waals surface area contributed by atoms with Gasteiger partial charge in [0.1, 0.15) is 11.2 Å². The van der Waals surface area contributed by atoms with E-state index in [0.29, 0.717) is 0 Å². The van der Waals surface area contributed by atoms with Crippen LogP contribution in [0.25, 0.3) is 137 Å². The SMILES string of the molecule is c1ccc(N(c2ccc3ccccc3c2)c2ccc3sc4cc(-c5cccc(Nc6ccc7sc8ccccc8c7c6)c5)ccc4c3c2)cc1.c1ccc(Nc2ccc(-c3ccc4c(c3)sc3ccc(N(c5ccc6oc7ccccc7c6c5)c5cccc6ccccc56)cc34)c3ccccc23)cc1. The predicted molar refractivity (Wildman–Crippen MR) is 451 cm³/mol. The Kier molecular flexibility index (Phi) is 15.1. The molecule has 17 aromatic carbocycles. The highest BCUT2D eigenvalue weighted by Crippen LogP contribution is 2.48. The number of nitrogens with zero attached hydrogens (tertiary/aromatic N) is 2. The van der Waals surface area contributed by atoms with Gasteiger partial charge in [0, 0.05) is 133 Å². The van der Waals surface area contributed by atoms with E-state index < -0.39 is 0 Å². The third-order valence-corrected chi connectivity index (χ3v) is 23.6. The summed E-state index contributed by atoms with van der Waals surface area (Å²) in [4.78, 5) is 4.76. The van der Waals surface area contributed by atoms with Crippen LogP contribution in [0.15, 0.2) is 368 Å². The van der Waals surface area contributed by atoms with E-state index in [4.69, 9.17) is 4.42 Å². The Morgan fingerprint density at radius 3 is 1.52 bits per heavy atom. The summed E-state index contributed by atoms with van der Waals surface area (Å²) < 4.78 is 14.0. The maximum absolute atomic E-state index is 6.24. The molecule has 0 saturated carbocycles. The molecule has 5 nitrogen and oxygen atoms in total. The van der Waals surface area contributed by atoms with Crippen LogP contribution in [0.1, 0.15) is 0 Å². The van der Waals surface area contributed by atoms with Crippen molar-refractivity contribution in [3.8, 4) is 22.3 Å². The van der Waals surface area contributed by atoms with Gasteiger partial charge < -0.3 is 24.9 Å². The zero-order valence-corrected chi connectivity index (χ0v) is 58.6. The second kappa shape index (κ2) is 25.7. The molecule has 0 radical (unpaired) electrons. The molecule has 0 aliphatic heterocycles. The van der Waals surface area contributed by atoms with Crippen molar-refractivity contribution >= 4 is 206 Å². The number of fused-ring (bicyclic) bond motifs is 15. The molecular formula is C96H62N4OS3. The minimum Gasteiger partial charge on any atom is -0.456 e. The van der Waals surface area contributed by atoms with E-state index in [0.717, 1.165) is 78.8 Å². The molecule has 0 amide bonds. The van der Waals surface area contributed by atoms with Crippen LogP contribution in [-0.2, 0) is 0 Å². The van der Waals surface area contributed by atoms with Gasteiger partial charge in [0.25, 0.3) is 0 Å². The summed E-state index contributed by atoms with van der Waals surface area (Å²) in [6.07, 6.45) is 0. The molecule has 0 spiro atoms. The average molecular weight is 1380 g/mol. The lowest BCUT2D eigenvalue weighted by atomic mass is 9.96. The summed E-state index contributed by atoms with van der Waals surface area (Å²) in [5, 5.41) is 24.6. The van der Waals surface area contributed by atoms with Crippen molar-refractivity contribution < 1.29 is 4.42 Å². The molecule has 0 bridgehead atoms. The number of hydrogen-bond acceptors (Lipinski definition) is 8. The molecule has 0 aliphatic carbocycles. The van der Waals surface area contributed by atoms with Gasteiger partial charge in [-0.05, 0) is 202 Å². The summed E-state index contributed by atoms with van der Waals surface area (Å²) >= 11 is 5.57. The average Bonchev–Trinajstić information content (AvgIpc) is 1.53. The number of benzene rings is 17. The lowest BCUT2D eigenvalue weighted by molar-refractivity contribution is 0.669. The van der Waals surface area contributed by atoms with E-state index >= 15 is 0 Å². The molecule has 104 heavy (non-hydrogen) atoms. The highest BCUT2D eigenvalue weighted by Gasteiger charge is 2.22. The molecule has 0 saturated heterocycles. The molecule has 0 atom stereocenters. The van der Waals surface area contributed by atoms with Crippen molar-refractivity contribution in [2.45, 2.75) is 0 Å². The first-order valence-corrected chi connectivity index (χ1v) is 37.5. The number of anilines is 10. The molecule has 0 fully saturated rings. The van der Waals surface area contributed by atoms with Crippen molar-refractivity contribution in [2.75, 3.05) is 20.4 Å². The Morgan fingerprint density at radius 1 is 0.221 bits per heavy atom. The summed E-state index contributed by atoms with van der Waals surface area (Å²) in [5.41, 5.74) is 17.8. The zero-order valence-electron chi connectivity index (χ0n) is 56.2. The number of furan rings is 1. The standard InChI is InChI=1S/C50H32N2OS.C46H30N2S2/c1-2-13-34(14-3-1)51-45-26-25-37(39-16-6-7-17-40(39)45)33-21-24-42-44-31-36(23-28-49(44)54-50(42)29-33)52(46-19-10-12-32-11-4-5-15-38(32)46)35-22-27-48-43(30-35)41-18-8-9-20-47(41)53-48;1-2-13-36(14-3-1)48(37-20-17-30-9-4-5-10-32(30)26-37)38-21-24-45-42(29-38)40-22-18-33(27-46(40)50-45)31-11-8-12-34(25-31)47-35-19-23-44-41(28-35)39-15-6-7-16-43(39)49-44/h1-31,51H;1-29,47H. The quantitative estimate of drug-likeness (QED) is 0.128. The van der Waals surface area contributed by atoms with Gasteiger partial charge in [-0.2, -0.15) is 0 Å². The van der Waals surface area contributed by atoms with Crippen LogP contribution in [0.5, 0.6) is 0 Å². The summed E-state index contributed by atoms with van der Waals surface area (Å²) in [6.45, 7) is 0. The van der Waals surface area contributed by atoms with Gasteiger partial charge in [0.05, 0.1) is 5.69 Å². The Bertz CT molecular complexity index is 6900. The van der Waals surface area contributed by atoms with Crippen molar-refractivity contribution in [3.63, 3.8) is 0 Å². The fourth-order valence-electron chi connectivity index (χ4n) is 15.3. The van der Waals surface area contributed by atoms with Gasteiger partial charge in [0.15, 0.2) is 0 Å². The third kappa shape index (κ3) is 11.1. The fraction of sp³-hybridized carbons (Fsp3) is 0. The second-order valence-corrected chi connectivity index (χ2v) is 29.8. The summed E-state index contributed by atoms with van der Waals surface area (Å²) in [5.74, 6) is 0. The largest absolute Gasteiger partial charge is 0.456 e. The minimum atomic E-state index is 0.891. The molecule has 4 heterocycles. The highest BCUT2D eigenvalue weighted by molar-refractivity contribution is 7.26. The fourth-order valence-corrected chi connectivity index (χ4v) is 18.6. The van der Waals surface area contributed by atoms with Gasteiger partial charge >= 0.3 is 0 Å². The van der Waals surface area contributed by atoms with Crippen LogP contribution in [0.2, 0.25) is 0 Å². The Balaban J connectivity index is 0.000000139. The van der Waals surface area contributed by atoms with Gasteiger partial charge in [-0.25, -0.2) is 0 Å². The summed E-state index contributed by atoms with van der Waals surface area (Å²) in [7, 11) is 0. The van der Waals surface area contributed by atoms with E-state index in [-0.39, 0.29) is 0 Å². The maximum atomic E-state index is 6.24. The monoisotopic (exact) mass is 1380 g/mol. The van der Waals surface area contributed by atoms with Crippen molar-refractivity contribution in [2.24, 2.45) is 0 Å². The van der Waals surface area contributed by atoms with E-state index in [1.807, 2.05) is 52.2 Å². The molecule has 490 valence electrons. The Morgan fingerprint density at radius 2 is 0.731 bits per heavy atom. The first-order valence-electron chi connectivity index (χ1n) is 35.1. The predicted octanol–water partition coefficient (Wildman–Crippen LogP) is 29.6. The topological polar surface area (TPSA) is 43.7 Å². The van der Waals surface area contributed by atoms with Crippen LogP contribution in [-0.4, -0.2) is 0 Å². The Labute approximate surface area is 612 Å². The van der Waals surface area contributed by atoms with Gasteiger partial charge in [-0.15, -0.1) is 34.0 Å². The van der Waals surface area contributed by atoms with E-state index in [9.17, 15) is 0 Å². The Hall–Kier alpha value is -12.8. The zero-order chi connectivity index (χ0) is 68.6. The van der Waals surface area contributed by atoms with Crippen molar-refractivity contribution in [1.29, 1.82) is 0 Å². The van der Waals surface area contributed by atoms with Crippen LogP contribution in [0, 0.1) is 0 Å². The van der Waals surface area contributed by atoms with Gasteiger partial charge in [-0.1, -0.05) is 206 Å². The number of thiophene rings is 3. The lowest BCUT2D eigenvalue weighted by Gasteiger charge is -2.27. The lowest BCUT2D eigenvalue weighted by Crippen LogP contribution is -2.10. The van der Waals surface area contributed by atoms with Crippen molar-refractivity contribution in [1.82, 2.24) is 0 Å². The first-order chi connectivity index (χ1) is 51.5. The molecule has 0 aliphatic rings.